The van der Waals surface area contributed by atoms with Crippen molar-refractivity contribution in [1.29, 1.82) is 5.26 Å². The monoisotopic (exact) mass is 481 g/mol. The molecule has 0 aliphatic heterocycles. The van der Waals surface area contributed by atoms with Gasteiger partial charge in [0.05, 0.1) is 16.8 Å². The number of nitrogens with one attached hydrogen (secondary N) is 1. The molecule has 1 amide bonds. The van der Waals surface area contributed by atoms with Gasteiger partial charge in [0.15, 0.2) is 5.57 Å². The molecule has 3 aromatic carbocycles. The van der Waals surface area contributed by atoms with Crippen LogP contribution in [-0.4, -0.2) is 17.1 Å². The minimum Gasteiger partial charge on any atom is -0.494 e. The van der Waals surface area contributed by atoms with Gasteiger partial charge in [0.2, 0.25) is 0 Å². The van der Waals surface area contributed by atoms with E-state index in [4.69, 9.17) is 4.74 Å². The summed E-state index contributed by atoms with van der Waals surface area (Å²) in [5.74, 6) is 0.211. The van der Waals surface area contributed by atoms with Crippen molar-refractivity contribution in [3.63, 3.8) is 0 Å². The first-order valence-corrected chi connectivity index (χ1v) is 11.9. The van der Waals surface area contributed by atoms with E-state index in [0.717, 1.165) is 28.2 Å². The fraction of sp³-hybridized carbons (Fsp3) is 0.107. The van der Waals surface area contributed by atoms with Crippen LogP contribution in [0.15, 0.2) is 89.7 Å². The van der Waals surface area contributed by atoms with E-state index < -0.39 is 5.91 Å². The van der Waals surface area contributed by atoms with Crippen molar-refractivity contribution < 1.29 is 9.53 Å². The fourth-order valence-electron chi connectivity index (χ4n) is 3.50. The Morgan fingerprint density at radius 2 is 1.69 bits per heavy atom. The number of aromatic nitrogens is 1. The minimum absolute atomic E-state index is 0.113. The van der Waals surface area contributed by atoms with Crippen LogP contribution < -0.4 is 24.8 Å². The maximum atomic E-state index is 13.4. The Kier molecular flexibility index (Phi) is 7.56. The van der Waals surface area contributed by atoms with Crippen molar-refractivity contribution in [1.82, 2.24) is 9.88 Å². The second kappa shape index (κ2) is 11.1. The zero-order valence-corrected chi connectivity index (χ0v) is 19.9. The molecule has 35 heavy (non-hydrogen) atoms. The number of hydrogen-bond acceptors (Lipinski definition) is 5. The van der Waals surface area contributed by atoms with Crippen LogP contribution in [0.1, 0.15) is 18.1 Å². The summed E-state index contributed by atoms with van der Waals surface area (Å²) in [4.78, 5) is 26.5. The zero-order chi connectivity index (χ0) is 24.6. The van der Waals surface area contributed by atoms with Gasteiger partial charge in [0, 0.05) is 6.54 Å². The molecule has 6 nitrogen and oxygen atoms in total. The number of amides is 1. The van der Waals surface area contributed by atoms with Crippen molar-refractivity contribution in [2.24, 2.45) is 0 Å². The summed E-state index contributed by atoms with van der Waals surface area (Å²) in [5, 5.41) is 12.7. The molecular formula is C28H23N3O3S. The second-order valence-electron chi connectivity index (χ2n) is 7.55. The van der Waals surface area contributed by atoms with Crippen LogP contribution >= 0.6 is 11.3 Å². The molecule has 0 fully saturated rings. The van der Waals surface area contributed by atoms with E-state index in [1.807, 2.05) is 73.7 Å². The molecule has 0 bridgehead atoms. The molecule has 1 aromatic heterocycles. The highest BCUT2D eigenvalue weighted by Crippen LogP contribution is 2.12. The highest BCUT2D eigenvalue weighted by atomic mass is 32.1. The smallest absolute Gasteiger partial charge is 0.273 e. The van der Waals surface area contributed by atoms with Crippen molar-refractivity contribution in [2.45, 2.75) is 13.5 Å². The van der Waals surface area contributed by atoms with Gasteiger partial charge in [-0.05, 0) is 48.4 Å². The van der Waals surface area contributed by atoms with Crippen LogP contribution in [0.5, 0.6) is 5.75 Å². The first-order chi connectivity index (χ1) is 17.1. The van der Waals surface area contributed by atoms with Gasteiger partial charge < -0.3 is 10.1 Å². The van der Waals surface area contributed by atoms with Gasteiger partial charge in [-0.15, -0.1) is 11.3 Å². The SMILES string of the molecule is CCOc1ccc(C=c2sc(=C(C#N)C(=O)NCc3ccccc3)n(-c3ccccc3)c2=O)cc1. The van der Waals surface area contributed by atoms with Crippen molar-refractivity contribution in [3.05, 3.63) is 116 Å². The molecule has 1 N–H and O–H groups in total. The molecular weight excluding hydrogens is 458 g/mol. The summed E-state index contributed by atoms with van der Waals surface area (Å²) in [6.07, 6.45) is 1.75. The van der Waals surface area contributed by atoms with E-state index in [1.165, 1.54) is 4.57 Å². The summed E-state index contributed by atoms with van der Waals surface area (Å²) < 4.78 is 7.60. The molecule has 7 heteroatoms. The number of thiazole rings is 1. The predicted molar refractivity (Wildman–Crippen MR) is 138 cm³/mol. The maximum Gasteiger partial charge on any atom is 0.273 e. The van der Waals surface area contributed by atoms with Crippen molar-refractivity contribution >= 4 is 28.9 Å². The Bertz CT molecular complexity index is 1530. The minimum atomic E-state index is -0.532. The molecule has 0 saturated carbocycles. The fourth-order valence-corrected chi connectivity index (χ4v) is 4.60. The van der Waals surface area contributed by atoms with Crippen LogP contribution in [0.25, 0.3) is 17.3 Å². The third-order valence-electron chi connectivity index (χ3n) is 5.18. The van der Waals surface area contributed by atoms with Gasteiger partial charge in [-0.3, -0.25) is 14.2 Å². The lowest BCUT2D eigenvalue weighted by molar-refractivity contribution is -0.115. The second-order valence-corrected chi connectivity index (χ2v) is 8.58. The molecule has 0 aliphatic carbocycles. The summed E-state index contributed by atoms with van der Waals surface area (Å²) in [6.45, 7) is 2.76. The number of carbonyl (C=O) groups excluding carboxylic acids is 1. The number of rotatable bonds is 7. The van der Waals surface area contributed by atoms with E-state index in [2.05, 4.69) is 5.32 Å². The molecule has 0 radical (unpaired) electrons. The normalized spacial score (nSPS) is 12.1. The third-order valence-corrected chi connectivity index (χ3v) is 6.27. The number of nitriles is 1. The number of hydrogen-bond donors (Lipinski definition) is 1. The topological polar surface area (TPSA) is 84.1 Å². The molecule has 4 aromatic rings. The number of nitrogens with zero attached hydrogens (tertiary/aromatic N) is 2. The van der Waals surface area contributed by atoms with Crippen LogP contribution in [0.2, 0.25) is 0 Å². The van der Waals surface area contributed by atoms with Crippen LogP contribution in [0.3, 0.4) is 0 Å². The quantitative estimate of drug-likeness (QED) is 0.440. The predicted octanol–water partition coefficient (Wildman–Crippen LogP) is 3.12. The molecule has 0 saturated heterocycles. The number of carbonyl (C=O) groups is 1. The summed E-state index contributed by atoms with van der Waals surface area (Å²) in [6, 6.07) is 27.8. The molecule has 0 spiro atoms. The first kappa shape index (κ1) is 23.7. The Hall–Kier alpha value is -4.41. The van der Waals surface area contributed by atoms with Gasteiger partial charge in [-0.1, -0.05) is 60.7 Å². The average Bonchev–Trinajstić information content (AvgIpc) is 3.21. The van der Waals surface area contributed by atoms with Crippen LogP contribution in [0, 0.1) is 11.3 Å². The number of benzene rings is 3. The summed E-state index contributed by atoms with van der Waals surface area (Å²) in [5.41, 5.74) is 1.89. The van der Waals surface area contributed by atoms with Gasteiger partial charge in [-0.25, -0.2) is 0 Å². The Labute approximate surface area is 206 Å². The molecule has 0 aliphatic rings. The van der Waals surface area contributed by atoms with Crippen molar-refractivity contribution in [2.75, 3.05) is 6.61 Å². The first-order valence-electron chi connectivity index (χ1n) is 11.1. The van der Waals surface area contributed by atoms with E-state index in [9.17, 15) is 14.9 Å². The average molecular weight is 482 g/mol. The summed E-state index contributed by atoms with van der Waals surface area (Å²) >= 11 is 1.12. The number of ether oxygens (including phenoxy) is 1. The van der Waals surface area contributed by atoms with E-state index >= 15 is 0 Å². The zero-order valence-electron chi connectivity index (χ0n) is 19.1. The lowest BCUT2D eigenvalue weighted by Crippen LogP contribution is -2.33. The van der Waals surface area contributed by atoms with Crippen LogP contribution in [0.4, 0.5) is 0 Å². The number of para-hydroxylation sites is 1. The maximum absolute atomic E-state index is 13.4. The Morgan fingerprint density at radius 1 is 1.03 bits per heavy atom. The van der Waals surface area contributed by atoms with Gasteiger partial charge in [-0.2, -0.15) is 5.26 Å². The highest BCUT2D eigenvalue weighted by Gasteiger charge is 2.17. The van der Waals surface area contributed by atoms with Gasteiger partial charge in [0.25, 0.3) is 11.5 Å². The van der Waals surface area contributed by atoms with E-state index in [0.29, 0.717) is 16.8 Å². The van der Waals surface area contributed by atoms with E-state index in [-0.39, 0.29) is 22.3 Å². The molecule has 0 atom stereocenters. The van der Waals surface area contributed by atoms with Crippen molar-refractivity contribution in [3.8, 4) is 17.5 Å². The molecule has 1 heterocycles. The Balaban J connectivity index is 1.83. The molecule has 0 unspecified atom stereocenters. The van der Waals surface area contributed by atoms with Crippen LogP contribution in [-0.2, 0) is 11.3 Å². The Morgan fingerprint density at radius 3 is 2.31 bits per heavy atom. The van der Waals surface area contributed by atoms with Gasteiger partial charge in [0.1, 0.15) is 16.5 Å². The highest BCUT2D eigenvalue weighted by molar-refractivity contribution is 7.07. The largest absolute Gasteiger partial charge is 0.494 e. The summed E-state index contributed by atoms with van der Waals surface area (Å²) in [7, 11) is 0. The standard InChI is InChI=1S/C28H23N3O3S/c1-2-34-23-15-13-20(14-16-23)17-25-27(33)31(22-11-7-4-8-12-22)28(35-25)24(18-29)26(32)30-19-21-9-5-3-6-10-21/h3-17H,2,19H2,1H3,(H,30,32). The van der Waals surface area contributed by atoms with Gasteiger partial charge >= 0.3 is 0 Å². The van der Waals surface area contributed by atoms with E-state index in [1.54, 1.807) is 30.3 Å². The molecule has 174 valence electrons. The lowest BCUT2D eigenvalue weighted by atomic mass is 10.2. The lowest BCUT2D eigenvalue weighted by Gasteiger charge is -2.06. The third kappa shape index (κ3) is 5.57. The molecule has 4 rings (SSSR count).